The molecule has 0 saturated carbocycles. The number of hydrogen-bond donors (Lipinski definition) is 4. The summed E-state index contributed by atoms with van der Waals surface area (Å²) in [6.07, 6.45) is -2.08. The van der Waals surface area contributed by atoms with Gasteiger partial charge < -0.3 is 26.0 Å². The highest BCUT2D eigenvalue weighted by Gasteiger charge is 2.66. The van der Waals surface area contributed by atoms with Gasteiger partial charge in [-0.3, -0.25) is 9.59 Å². The van der Waals surface area contributed by atoms with Crippen LogP contribution in [0.15, 0.2) is 72.8 Å². The normalized spacial score (nSPS) is 22.5. The molecule has 1 unspecified atom stereocenters. The van der Waals surface area contributed by atoms with E-state index in [4.69, 9.17) is 10.5 Å². The summed E-state index contributed by atoms with van der Waals surface area (Å²) < 4.78 is 5.35. The summed E-state index contributed by atoms with van der Waals surface area (Å²) in [5.74, 6) is -1.89. The zero-order valence-corrected chi connectivity index (χ0v) is 25.4. The van der Waals surface area contributed by atoms with E-state index < -0.39 is 51.9 Å². The Labute approximate surface area is 252 Å². The molecule has 5 atom stereocenters. The zero-order valence-electron chi connectivity index (χ0n) is 25.4. The number of aliphatic hydroxyl groups is 1. The molecule has 0 aromatic heterocycles. The number of carbonyl (C=O) groups is 3. The lowest BCUT2D eigenvalue weighted by molar-refractivity contribution is -0.876. The second-order valence-corrected chi connectivity index (χ2v) is 12.2. The number of amides is 3. The van der Waals surface area contributed by atoms with Crippen molar-refractivity contribution >= 4 is 17.7 Å². The van der Waals surface area contributed by atoms with Crippen LogP contribution in [0.25, 0.3) is 0 Å². The Hall–Kier alpha value is -4.05. The number of phenols is 1. The van der Waals surface area contributed by atoms with Crippen LogP contribution in [-0.4, -0.2) is 70.4 Å². The zero-order chi connectivity index (χ0) is 31.5. The molecule has 1 aliphatic heterocycles. The maximum Gasteiger partial charge on any atom is 0.345 e. The standard InChI is InChI=1S/C34H41N3O6/c1-21-12-9-10-15-24(21)19-37(20-28(43-5)34(3,4)30(37)31(35)40)33(42)29(39)26(18-23-13-7-6-8-14-23)36-32(41)25-16-11-17-27(38)22(25)2/h6-17,26,28-30,39H,18-20H2,1-5H3,(H3-,35,36,38,40,41)/p+1/t26-,28+,29-,30+,37?/m0/s1. The maximum absolute atomic E-state index is 14.8. The van der Waals surface area contributed by atoms with Crippen LogP contribution in [0.1, 0.15) is 46.5 Å². The molecule has 4 rings (SSSR count). The van der Waals surface area contributed by atoms with E-state index in [-0.39, 0.29) is 30.8 Å². The summed E-state index contributed by atoms with van der Waals surface area (Å²) in [6.45, 7) is 7.46. The first-order valence-corrected chi connectivity index (χ1v) is 14.4. The highest BCUT2D eigenvalue weighted by atomic mass is 16.5. The van der Waals surface area contributed by atoms with E-state index >= 15 is 0 Å². The number of primary amides is 1. The molecule has 43 heavy (non-hydrogen) atoms. The SMILES string of the molecule is CO[C@@H]1C[N+](Cc2ccccc2C)(C(=O)[C@@H](O)[C@H](Cc2ccccc2)NC(=O)c2cccc(O)c2C)[C@H](C(N)=O)C1(C)C. The average molecular weight is 589 g/mol. The van der Waals surface area contributed by atoms with Crippen molar-refractivity contribution in [2.24, 2.45) is 11.1 Å². The summed E-state index contributed by atoms with van der Waals surface area (Å²) in [6, 6.07) is 19.3. The van der Waals surface area contributed by atoms with E-state index in [0.29, 0.717) is 5.56 Å². The van der Waals surface area contributed by atoms with Crippen molar-refractivity contribution in [1.82, 2.24) is 5.32 Å². The van der Waals surface area contributed by atoms with Crippen molar-refractivity contribution in [2.45, 2.75) is 65.0 Å². The van der Waals surface area contributed by atoms with Gasteiger partial charge >= 0.3 is 5.91 Å². The number of nitrogens with one attached hydrogen (secondary N) is 1. The van der Waals surface area contributed by atoms with Crippen molar-refractivity contribution in [3.8, 4) is 5.75 Å². The van der Waals surface area contributed by atoms with Crippen LogP contribution in [0.4, 0.5) is 0 Å². The molecule has 228 valence electrons. The predicted octanol–water partition coefficient (Wildman–Crippen LogP) is 3.16. The van der Waals surface area contributed by atoms with Crippen molar-refractivity contribution in [3.63, 3.8) is 0 Å². The number of nitrogens with zero attached hydrogens (tertiary/aromatic N) is 1. The summed E-state index contributed by atoms with van der Waals surface area (Å²) in [7, 11) is 1.54. The summed E-state index contributed by atoms with van der Waals surface area (Å²) in [4.78, 5) is 41.5. The van der Waals surface area contributed by atoms with Crippen molar-refractivity contribution in [3.05, 3.63) is 101 Å². The number of hydrogen-bond acceptors (Lipinski definition) is 6. The second-order valence-electron chi connectivity index (χ2n) is 12.2. The summed E-state index contributed by atoms with van der Waals surface area (Å²) in [5.41, 5.74) is 8.36. The van der Waals surface area contributed by atoms with Crippen LogP contribution in [0, 0.1) is 19.3 Å². The molecule has 3 aromatic rings. The third kappa shape index (κ3) is 6.20. The van der Waals surface area contributed by atoms with Gasteiger partial charge in [-0.05, 0) is 43.5 Å². The van der Waals surface area contributed by atoms with Gasteiger partial charge in [-0.1, -0.05) is 74.5 Å². The number of methoxy groups -OCH3 is 1. The number of likely N-dealkylation sites (tertiary alicyclic amines) is 1. The third-order valence-electron chi connectivity index (χ3n) is 9.03. The summed E-state index contributed by atoms with van der Waals surface area (Å²) >= 11 is 0. The molecule has 9 heteroatoms. The molecule has 1 aliphatic rings. The van der Waals surface area contributed by atoms with Gasteiger partial charge in [0.2, 0.25) is 0 Å². The lowest BCUT2D eigenvalue weighted by atomic mass is 9.81. The van der Waals surface area contributed by atoms with Crippen LogP contribution in [0.3, 0.4) is 0 Å². The van der Waals surface area contributed by atoms with Gasteiger partial charge in [0, 0.05) is 23.8 Å². The molecule has 0 spiro atoms. The van der Waals surface area contributed by atoms with Gasteiger partial charge in [0.05, 0.1) is 11.5 Å². The first-order valence-electron chi connectivity index (χ1n) is 14.4. The minimum Gasteiger partial charge on any atom is -0.508 e. The Morgan fingerprint density at radius 3 is 2.30 bits per heavy atom. The maximum atomic E-state index is 14.8. The van der Waals surface area contributed by atoms with Crippen LogP contribution >= 0.6 is 0 Å². The molecule has 0 aliphatic carbocycles. The van der Waals surface area contributed by atoms with Crippen molar-refractivity contribution in [2.75, 3.05) is 13.7 Å². The van der Waals surface area contributed by atoms with Crippen LogP contribution in [0.2, 0.25) is 0 Å². The van der Waals surface area contributed by atoms with Gasteiger partial charge in [-0.2, -0.15) is 0 Å². The van der Waals surface area contributed by atoms with Gasteiger partial charge in [-0.15, -0.1) is 0 Å². The molecule has 3 amide bonds. The van der Waals surface area contributed by atoms with E-state index in [2.05, 4.69) is 5.32 Å². The van der Waals surface area contributed by atoms with Crippen LogP contribution in [-0.2, 0) is 27.3 Å². The highest BCUT2D eigenvalue weighted by molar-refractivity contribution is 5.97. The quantitative estimate of drug-likeness (QED) is 0.269. The third-order valence-corrected chi connectivity index (χ3v) is 9.03. The van der Waals surface area contributed by atoms with E-state index in [1.165, 1.54) is 13.2 Å². The van der Waals surface area contributed by atoms with Crippen LogP contribution in [0.5, 0.6) is 5.75 Å². The van der Waals surface area contributed by atoms with Gasteiger partial charge in [0.1, 0.15) is 24.9 Å². The molecular formula is C34H42N3O6+. The number of quaternary nitrogens is 1. The topological polar surface area (TPSA) is 139 Å². The second kappa shape index (κ2) is 12.7. The van der Waals surface area contributed by atoms with E-state index in [9.17, 15) is 24.6 Å². The number of phenolic OH excluding ortho intramolecular Hbond substituents is 1. The Kier molecular flexibility index (Phi) is 9.39. The number of ether oxygens (including phenoxy) is 1. The smallest absolute Gasteiger partial charge is 0.345 e. The molecule has 3 aromatic carbocycles. The highest BCUT2D eigenvalue weighted by Crippen LogP contribution is 2.45. The fourth-order valence-corrected chi connectivity index (χ4v) is 6.64. The van der Waals surface area contributed by atoms with Gasteiger partial charge in [0.15, 0.2) is 12.1 Å². The Bertz CT molecular complexity index is 1490. The molecule has 1 saturated heterocycles. The molecular weight excluding hydrogens is 546 g/mol. The minimum atomic E-state index is -1.71. The number of aromatic hydroxyl groups is 1. The Morgan fingerprint density at radius 2 is 1.67 bits per heavy atom. The Morgan fingerprint density at radius 1 is 1.02 bits per heavy atom. The van der Waals surface area contributed by atoms with Crippen molar-refractivity contribution in [1.29, 1.82) is 0 Å². The fraction of sp³-hybridized carbons (Fsp3) is 0.382. The molecule has 1 fully saturated rings. The van der Waals surface area contributed by atoms with E-state index in [1.54, 1.807) is 19.1 Å². The minimum absolute atomic E-state index is 0.0409. The van der Waals surface area contributed by atoms with Crippen LogP contribution < -0.4 is 11.1 Å². The molecule has 0 radical (unpaired) electrons. The molecule has 0 bridgehead atoms. The predicted molar refractivity (Wildman–Crippen MR) is 163 cm³/mol. The average Bonchev–Trinajstić information content (AvgIpc) is 3.21. The number of carbonyl (C=O) groups excluding carboxylic acids is 3. The number of aryl methyl sites for hydroxylation is 1. The molecule has 9 nitrogen and oxygen atoms in total. The fourth-order valence-electron chi connectivity index (χ4n) is 6.64. The lowest BCUT2D eigenvalue weighted by Crippen LogP contribution is -2.67. The number of aliphatic hydroxyl groups excluding tert-OH is 1. The molecule has 1 heterocycles. The first kappa shape index (κ1) is 31.9. The largest absolute Gasteiger partial charge is 0.508 e. The number of rotatable bonds is 10. The van der Waals surface area contributed by atoms with E-state index in [0.717, 1.165) is 16.7 Å². The number of nitrogens with two attached hydrogens (primary N) is 1. The van der Waals surface area contributed by atoms with Crippen molar-refractivity contribution < 1.29 is 33.8 Å². The monoisotopic (exact) mass is 588 g/mol. The summed E-state index contributed by atoms with van der Waals surface area (Å²) in [5, 5.41) is 25.0. The van der Waals surface area contributed by atoms with Gasteiger partial charge in [0.25, 0.3) is 11.8 Å². The first-order chi connectivity index (χ1) is 20.3. The van der Waals surface area contributed by atoms with Gasteiger partial charge in [-0.25, -0.2) is 9.28 Å². The molecule has 5 N–H and O–H groups in total. The Balaban J connectivity index is 1.81. The lowest BCUT2D eigenvalue weighted by Gasteiger charge is -2.41. The number of benzene rings is 3. The van der Waals surface area contributed by atoms with E-state index in [1.807, 2.05) is 75.4 Å².